The summed E-state index contributed by atoms with van der Waals surface area (Å²) in [6, 6.07) is 16.8. The summed E-state index contributed by atoms with van der Waals surface area (Å²) in [5, 5.41) is 4.48. The number of halogens is 3. The summed E-state index contributed by atoms with van der Waals surface area (Å²) in [6.45, 7) is 1.96. The lowest BCUT2D eigenvalue weighted by molar-refractivity contribution is -0.123. The third kappa shape index (κ3) is 7.58. The first-order valence-corrected chi connectivity index (χ1v) is 12.0. The van der Waals surface area contributed by atoms with E-state index in [-0.39, 0.29) is 12.4 Å². The van der Waals surface area contributed by atoms with Crippen LogP contribution in [0.4, 0.5) is 0 Å². The molecule has 176 valence electrons. The van der Waals surface area contributed by atoms with Gasteiger partial charge < -0.3 is 14.2 Å². The highest BCUT2D eigenvalue weighted by Crippen LogP contribution is 2.29. The summed E-state index contributed by atoms with van der Waals surface area (Å²) < 4.78 is 18.0. The number of ether oxygens (including phenoxy) is 3. The van der Waals surface area contributed by atoms with E-state index in [1.165, 1.54) is 6.21 Å². The molecule has 3 aromatic carbocycles. The summed E-state index contributed by atoms with van der Waals surface area (Å²) in [4.78, 5) is 24.4. The number of nitrogens with zero attached hydrogens (tertiary/aromatic N) is 1. The van der Waals surface area contributed by atoms with Gasteiger partial charge in [0.15, 0.2) is 18.1 Å². The van der Waals surface area contributed by atoms with E-state index in [0.717, 1.165) is 4.47 Å². The molecule has 34 heavy (non-hydrogen) atoms. The van der Waals surface area contributed by atoms with E-state index in [1.807, 2.05) is 6.92 Å². The molecule has 0 saturated heterocycles. The average Bonchev–Trinajstić information content (AvgIpc) is 2.80. The molecule has 0 aliphatic rings. The number of carbonyl (C=O) groups excluding carboxylic acids is 2. The number of hydrogen-bond acceptors (Lipinski definition) is 6. The van der Waals surface area contributed by atoms with E-state index in [1.54, 1.807) is 60.7 Å². The van der Waals surface area contributed by atoms with Gasteiger partial charge in [-0.15, -0.1) is 0 Å². The smallest absolute Gasteiger partial charge is 0.343 e. The molecule has 10 heteroatoms. The minimum Gasteiger partial charge on any atom is -0.490 e. The normalized spacial score (nSPS) is 10.7. The zero-order valence-corrected chi connectivity index (χ0v) is 21.8. The van der Waals surface area contributed by atoms with E-state index in [0.29, 0.717) is 38.7 Å². The van der Waals surface area contributed by atoms with Gasteiger partial charge in [0.05, 0.1) is 22.9 Å². The lowest BCUT2D eigenvalue weighted by Crippen LogP contribution is -2.24. The van der Waals surface area contributed by atoms with Crippen molar-refractivity contribution in [3.05, 3.63) is 85.8 Å². The number of nitrogens with one attached hydrogen (secondary N) is 1. The summed E-state index contributed by atoms with van der Waals surface area (Å²) >= 11 is 12.5. The van der Waals surface area contributed by atoms with Gasteiger partial charge in [0.1, 0.15) is 5.75 Å². The Morgan fingerprint density at radius 2 is 1.71 bits per heavy atom. The van der Waals surface area contributed by atoms with Crippen LogP contribution in [0.2, 0.25) is 5.02 Å². The van der Waals surface area contributed by atoms with Gasteiger partial charge in [-0.2, -0.15) is 5.10 Å². The summed E-state index contributed by atoms with van der Waals surface area (Å²) in [5.74, 6) is 0.188. The Kier molecular flexibility index (Phi) is 9.50. The van der Waals surface area contributed by atoms with Crippen LogP contribution < -0.4 is 19.6 Å². The Balaban J connectivity index is 1.59. The van der Waals surface area contributed by atoms with Gasteiger partial charge in [-0.25, -0.2) is 10.2 Å². The van der Waals surface area contributed by atoms with Gasteiger partial charge in [-0.05, 0) is 89.1 Å². The topological polar surface area (TPSA) is 86.2 Å². The van der Waals surface area contributed by atoms with Crippen molar-refractivity contribution in [3.63, 3.8) is 0 Å². The van der Waals surface area contributed by atoms with E-state index in [9.17, 15) is 9.59 Å². The molecule has 0 atom stereocenters. The standard InChI is InChI=1S/C24H19Br2ClN2O5/c1-2-32-22-11-15(3-9-21(22)34-24(31)16-4-6-17(25)7-5-16)13-28-29-23(30)14-33-20-10-8-18(27)12-19(20)26/h3-13H,2,14H2,1H3,(H,29,30)/b28-13-. The molecule has 0 saturated carbocycles. The molecule has 0 aliphatic carbocycles. The van der Waals surface area contributed by atoms with Gasteiger partial charge in [0, 0.05) is 9.50 Å². The number of hydrazone groups is 1. The fourth-order valence-corrected chi connectivity index (χ4v) is 3.71. The van der Waals surface area contributed by atoms with Crippen LogP contribution in [-0.4, -0.2) is 31.3 Å². The second-order valence-electron chi connectivity index (χ2n) is 6.69. The number of carbonyl (C=O) groups is 2. The number of amides is 1. The lowest BCUT2D eigenvalue weighted by Gasteiger charge is -2.11. The number of esters is 1. The molecule has 0 radical (unpaired) electrons. The maximum absolute atomic E-state index is 12.4. The molecule has 0 heterocycles. The molecule has 3 aromatic rings. The molecule has 3 rings (SSSR count). The van der Waals surface area contributed by atoms with Crippen LogP contribution in [0, 0.1) is 0 Å². The Morgan fingerprint density at radius 3 is 2.41 bits per heavy atom. The minimum atomic E-state index is -0.505. The van der Waals surface area contributed by atoms with Gasteiger partial charge in [-0.3, -0.25) is 4.79 Å². The summed E-state index contributed by atoms with van der Waals surface area (Å²) in [7, 11) is 0. The fourth-order valence-electron chi connectivity index (χ4n) is 2.65. The molecule has 0 spiro atoms. The van der Waals surface area contributed by atoms with E-state index in [4.69, 9.17) is 25.8 Å². The molecule has 0 unspecified atom stereocenters. The number of hydrogen-bond donors (Lipinski definition) is 1. The molecule has 1 N–H and O–H groups in total. The quantitative estimate of drug-likeness (QED) is 0.139. The number of rotatable bonds is 9. The molecule has 0 aromatic heterocycles. The largest absolute Gasteiger partial charge is 0.490 e. The van der Waals surface area contributed by atoms with E-state index in [2.05, 4.69) is 42.4 Å². The van der Waals surface area contributed by atoms with Crippen molar-refractivity contribution < 1.29 is 23.8 Å². The predicted octanol–water partition coefficient (Wildman–Crippen LogP) is 6.01. The zero-order valence-electron chi connectivity index (χ0n) is 17.9. The first-order chi connectivity index (χ1) is 16.4. The Labute approximate surface area is 218 Å². The van der Waals surface area contributed by atoms with Crippen molar-refractivity contribution in [3.8, 4) is 17.2 Å². The SMILES string of the molecule is CCOc1cc(/C=N\NC(=O)COc2ccc(Cl)cc2Br)ccc1OC(=O)c1ccc(Br)cc1. The molecule has 0 fully saturated rings. The highest BCUT2D eigenvalue weighted by Gasteiger charge is 2.13. The predicted molar refractivity (Wildman–Crippen MR) is 137 cm³/mol. The van der Waals surface area contributed by atoms with Crippen molar-refractivity contribution >= 4 is 61.6 Å². The van der Waals surface area contributed by atoms with Crippen molar-refractivity contribution in [2.24, 2.45) is 5.10 Å². The van der Waals surface area contributed by atoms with E-state index >= 15 is 0 Å². The highest BCUT2D eigenvalue weighted by molar-refractivity contribution is 9.10. The van der Waals surface area contributed by atoms with Crippen LogP contribution in [0.1, 0.15) is 22.8 Å². The van der Waals surface area contributed by atoms with Crippen LogP contribution in [0.3, 0.4) is 0 Å². The van der Waals surface area contributed by atoms with Crippen LogP contribution in [0.15, 0.2) is 74.7 Å². The van der Waals surface area contributed by atoms with E-state index < -0.39 is 11.9 Å². The first kappa shape index (κ1) is 25.7. The maximum Gasteiger partial charge on any atom is 0.343 e. The van der Waals surface area contributed by atoms with Crippen LogP contribution in [0.25, 0.3) is 0 Å². The van der Waals surface area contributed by atoms with Crippen molar-refractivity contribution in [2.45, 2.75) is 6.92 Å². The first-order valence-electron chi connectivity index (χ1n) is 10.00. The summed E-state index contributed by atoms with van der Waals surface area (Å²) in [5.41, 5.74) is 3.43. The average molecular weight is 611 g/mol. The zero-order chi connectivity index (χ0) is 24.5. The highest BCUT2D eigenvalue weighted by atomic mass is 79.9. The molecule has 7 nitrogen and oxygen atoms in total. The minimum absolute atomic E-state index is 0.229. The molecular formula is C24H19Br2ClN2O5. The second-order valence-corrected chi connectivity index (χ2v) is 8.90. The Morgan fingerprint density at radius 1 is 0.971 bits per heavy atom. The van der Waals surface area contributed by atoms with Crippen molar-refractivity contribution in [1.29, 1.82) is 0 Å². The van der Waals surface area contributed by atoms with Gasteiger partial charge in [0.2, 0.25) is 0 Å². The monoisotopic (exact) mass is 608 g/mol. The summed E-state index contributed by atoms with van der Waals surface area (Å²) in [6.07, 6.45) is 1.44. The second kappa shape index (κ2) is 12.5. The van der Waals surface area contributed by atoms with Crippen LogP contribution >= 0.6 is 43.5 Å². The van der Waals surface area contributed by atoms with Crippen molar-refractivity contribution in [2.75, 3.05) is 13.2 Å². The maximum atomic E-state index is 12.4. The Hall–Kier alpha value is -2.88. The molecule has 1 amide bonds. The fraction of sp³-hybridized carbons (Fsp3) is 0.125. The van der Waals surface area contributed by atoms with Gasteiger partial charge >= 0.3 is 5.97 Å². The van der Waals surface area contributed by atoms with Crippen LogP contribution in [0.5, 0.6) is 17.2 Å². The third-order valence-corrected chi connectivity index (χ3v) is 5.59. The molecular weight excluding hydrogens is 592 g/mol. The van der Waals surface area contributed by atoms with Gasteiger partial charge in [0.25, 0.3) is 5.91 Å². The Bertz CT molecular complexity index is 1200. The number of benzene rings is 3. The lowest BCUT2D eigenvalue weighted by atomic mass is 10.2. The molecule has 0 aliphatic heterocycles. The van der Waals surface area contributed by atoms with Gasteiger partial charge in [-0.1, -0.05) is 27.5 Å². The molecule has 0 bridgehead atoms. The van der Waals surface area contributed by atoms with Crippen LogP contribution in [-0.2, 0) is 4.79 Å². The van der Waals surface area contributed by atoms with Crippen molar-refractivity contribution in [1.82, 2.24) is 5.43 Å². The third-order valence-electron chi connectivity index (χ3n) is 4.21.